The number of hydrogen-bond acceptors (Lipinski definition) is 2. The minimum Gasteiger partial charge on any atom is -0.282 e. The molecular weight excluding hydrogens is 240 g/mol. The lowest BCUT2D eigenvalue weighted by atomic mass is 10.2. The van der Waals surface area contributed by atoms with Crippen LogP contribution in [-0.4, -0.2) is 13.0 Å². The fourth-order valence-electron chi connectivity index (χ4n) is 0.929. The van der Waals surface area contributed by atoms with Gasteiger partial charge in [0.15, 0.2) is 5.82 Å². The molecule has 0 saturated heterocycles. The molecule has 0 amide bonds. The molecule has 1 aromatic carbocycles. The van der Waals surface area contributed by atoms with Crippen LogP contribution in [0.15, 0.2) is 23.1 Å². The standard InChI is InChI=1S/C7H4F4O3S/c8-6-4(7(9,10)11)2-1-3-5(6)15(12,13)14/h1-3H,(H,12,13,14). The van der Waals surface area contributed by atoms with Gasteiger partial charge in [0.25, 0.3) is 10.1 Å². The third-order valence-electron chi connectivity index (χ3n) is 1.55. The molecular formula is C7H4F4O3S. The highest BCUT2D eigenvalue weighted by Gasteiger charge is 2.36. The van der Waals surface area contributed by atoms with Crippen LogP contribution >= 0.6 is 0 Å². The van der Waals surface area contributed by atoms with Crippen LogP contribution in [0, 0.1) is 5.82 Å². The molecule has 8 heteroatoms. The van der Waals surface area contributed by atoms with Crippen molar-refractivity contribution in [3.05, 3.63) is 29.6 Å². The predicted octanol–water partition coefficient (Wildman–Crippen LogP) is 2.09. The van der Waals surface area contributed by atoms with Crippen LogP contribution in [0.25, 0.3) is 0 Å². The monoisotopic (exact) mass is 244 g/mol. The van der Waals surface area contributed by atoms with Crippen molar-refractivity contribution in [1.29, 1.82) is 0 Å². The highest BCUT2D eigenvalue weighted by Crippen LogP contribution is 2.33. The van der Waals surface area contributed by atoms with Crippen LogP contribution in [0.1, 0.15) is 5.56 Å². The van der Waals surface area contributed by atoms with Gasteiger partial charge in [-0.25, -0.2) is 4.39 Å². The van der Waals surface area contributed by atoms with Crippen molar-refractivity contribution >= 4 is 10.1 Å². The van der Waals surface area contributed by atoms with Crippen LogP contribution in [0.3, 0.4) is 0 Å². The van der Waals surface area contributed by atoms with E-state index in [9.17, 15) is 26.0 Å². The molecule has 1 aromatic rings. The minimum atomic E-state index is -5.01. The van der Waals surface area contributed by atoms with Crippen molar-refractivity contribution in [1.82, 2.24) is 0 Å². The Bertz CT molecular complexity index is 477. The fourth-order valence-corrected chi connectivity index (χ4v) is 1.52. The topological polar surface area (TPSA) is 54.4 Å². The van der Waals surface area contributed by atoms with Crippen LogP contribution in [-0.2, 0) is 16.3 Å². The van der Waals surface area contributed by atoms with Crippen molar-refractivity contribution in [3.8, 4) is 0 Å². The third kappa shape index (κ3) is 2.45. The van der Waals surface area contributed by atoms with Crippen molar-refractivity contribution in [2.24, 2.45) is 0 Å². The first-order valence-corrected chi connectivity index (χ1v) is 4.91. The second-order valence-corrected chi connectivity index (χ2v) is 3.98. The number of benzene rings is 1. The zero-order valence-corrected chi connectivity index (χ0v) is 7.73. The molecule has 0 heterocycles. The second kappa shape index (κ2) is 3.46. The summed E-state index contributed by atoms with van der Waals surface area (Å²) in [6.45, 7) is 0. The maximum Gasteiger partial charge on any atom is 0.419 e. The van der Waals surface area contributed by atoms with E-state index in [-0.39, 0.29) is 0 Å². The maximum absolute atomic E-state index is 13.0. The van der Waals surface area contributed by atoms with Crippen molar-refractivity contribution in [2.45, 2.75) is 11.1 Å². The van der Waals surface area contributed by atoms with Crippen LogP contribution in [0.2, 0.25) is 0 Å². The van der Waals surface area contributed by atoms with Crippen molar-refractivity contribution < 1.29 is 30.5 Å². The molecule has 84 valence electrons. The molecule has 0 bridgehead atoms. The summed E-state index contributed by atoms with van der Waals surface area (Å²) in [7, 11) is -4.99. The van der Waals surface area contributed by atoms with Crippen LogP contribution in [0.4, 0.5) is 17.6 Å². The van der Waals surface area contributed by atoms with E-state index in [4.69, 9.17) is 4.55 Å². The SMILES string of the molecule is O=S(=O)(O)c1cccc(C(F)(F)F)c1F. The minimum absolute atomic E-state index is 0.379. The van der Waals surface area contributed by atoms with Gasteiger partial charge in [-0.1, -0.05) is 6.07 Å². The Morgan fingerprint density at radius 2 is 1.73 bits per heavy atom. The quantitative estimate of drug-likeness (QED) is 0.608. The molecule has 0 aromatic heterocycles. The van der Waals surface area contributed by atoms with Crippen LogP contribution < -0.4 is 0 Å². The Morgan fingerprint density at radius 1 is 1.20 bits per heavy atom. The zero-order chi connectivity index (χ0) is 11.9. The van der Waals surface area contributed by atoms with Gasteiger partial charge in [-0.15, -0.1) is 0 Å². The highest BCUT2D eigenvalue weighted by molar-refractivity contribution is 7.85. The summed E-state index contributed by atoms with van der Waals surface area (Å²) in [5.74, 6) is -2.01. The molecule has 0 radical (unpaired) electrons. The van der Waals surface area contributed by atoms with Crippen LogP contribution in [0.5, 0.6) is 0 Å². The summed E-state index contributed by atoms with van der Waals surface area (Å²) in [5, 5.41) is 0. The van der Waals surface area contributed by atoms with E-state index >= 15 is 0 Å². The van der Waals surface area contributed by atoms with Crippen molar-refractivity contribution in [2.75, 3.05) is 0 Å². The van der Waals surface area contributed by atoms with Gasteiger partial charge in [-0.2, -0.15) is 21.6 Å². The highest BCUT2D eigenvalue weighted by atomic mass is 32.2. The molecule has 0 aliphatic rings. The Labute approximate surface area is 82.1 Å². The van der Waals surface area contributed by atoms with Gasteiger partial charge >= 0.3 is 6.18 Å². The molecule has 1 rings (SSSR count). The van der Waals surface area contributed by atoms with Gasteiger partial charge < -0.3 is 0 Å². The second-order valence-electron chi connectivity index (χ2n) is 2.59. The van der Waals surface area contributed by atoms with Gasteiger partial charge in [-0.3, -0.25) is 4.55 Å². The van der Waals surface area contributed by atoms with Gasteiger partial charge in [0, 0.05) is 0 Å². The average molecular weight is 244 g/mol. The van der Waals surface area contributed by atoms with E-state index in [1.54, 1.807) is 0 Å². The molecule has 15 heavy (non-hydrogen) atoms. The van der Waals surface area contributed by atoms with E-state index in [2.05, 4.69) is 0 Å². The molecule has 0 unspecified atom stereocenters. The molecule has 3 nitrogen and oxygen atoms in total. The van der Waals surface area contributed by atoms with E-state index in [0.29, 0.717) is 18.2 Å². The lowest BCUT2D eigenvalue weighted by Gasteiger charge is -2.09. The van der Waals surface area contributed by atoms with Gasteiger partial charge in [0.05, 0.1) is 5.56 Å². The largest absolute Gasteiger partial charge is 0.419 e. The first-order chi connectivity index (χ1) is 6.64. The summed E-state index contributed by atoms with van der Waals surface area (Å²) >= 11 is 0. The zero-order valence-electron chi connectivity index (χ0n) is 6.92. The normalized spacial score (nSPS) is 12.9. The van der Waals surface area contributed by atoms with Gasteiger partial charge in [0.1, 0.15) is 4.90 Å². The van der Waals surface area contributed by atoms with E-state index < -0.39 is 32.6 Å². The third-order valence-corrected chi connectivity index (χ3v) is 2.42. The average Bonchev–Trinajstić information content (AvgIpc) is 1.99. The molecule has 0 atom stereocenters. The van der Waals surface area contributed by atoms with Gasteiger partial charge in [0.2, 0.25) is 0 Å². The molecule has 0 aliphatic carbocycles. The predicted molar refractivity (Wildman–Crippen MR) is 41.2 cm³/mol. The summed E-state index contributed by atoms with van der Waals surface area (Å²) < 4.78 is 78.7. The van der Waals surface area contributed by atoms with E-state index in [1.807, 2.05) is 0 Å². The number of hydrogen-bond donors (Lipinski definition) is 1. The number of rotatable bonds is 1. The lowest BCUT2D eigenvalue weighted by molar-refractivity contribution is -0.140. The Kier molecular flexibility index (Phi) is 2.75. The maximum atomic E-state index is 13.0. The number of halogens is 4. The molecule has 0 aliphatic heterocycles. The van der Waals surface area contributed by atoms with E-state index in [1.165, 1.54) is 0 Å². The summed E-state index contributed by atoms with van der Waals surface area (Å²) in [6, 6.07) is 1.61. The first kappa shape index (κ1) is 11.9. The van der Waals surface area contributed by atoms with Crippen molar-refractivity contribution in [3.63, 3.8) is 0 Å². The summed E-state index contributed by atoms with van der Waals surface area (Å²) in [6.07, 6.45) is -5.01. The molecule has 0 fully saturated rings. The Balaban J connectivity index is 3.51. The lowest BCUT2D eigenvalue weighted by Crippen LogP contribution is -2.12. The Hall–Kier alpha value is -1.15. The number of alkyl halides is 3. The molecule has 0 spiro atoms. The van der Waals surface area contributed by atoms with Gasteiger partial charge in [-0.05, 0) is 12.1 Å². The Morgan fingerprint density at radius 3 is 2.13 bits per heavy atom. The van der Waals surface area contributed by atoms with E-state index in [0.717, 1.165) is 0 Å². The summed E-state index contributed by atoms with van der Waals surface area (Å²) in [5.41, 5.74) is -1.74. The molecule has 1 N–H and O–H groups in total. The summed E-state index contributed by atoms with van der Waals surface area (Å²) in [4.78, 5) is -1.39. The first-order valence-electron chi connectivity index (χ1n) is 3.47. The fraction of sp³-hybridized carbons (Fsp3) is 0.143. The molecule has 0 saturated carbocycles. The smallest absolute Gasteiger partial charge is 0.282 e.